The first kappa shape index (κ1) is 22.2. The van der Waals surface area contributed by atoms with Crippen molar-refractivity contribution in [1.82, 2.24) is 10.6 Å². The summed E-state index contributed by atoms with van der Waals surface area (Å²) in [5, 5.41) is 6.63. The minimum absolute atomic E-state index is 0. The van der Waals surface area contributed by atoms with E-state index in [-0.39, 0.29) is 24.0 Å². The maximum atomic E-state index is 5.41. The molecule has 0 radical (unpaired) electrons. The number of halogens is 1. The third-order valence-electron chi connectivity index (χ3n) is 3.80. The minimum Gasteiger partial charge on any atom is -0.497 e. The summed E-state index contributed by atoms with van der Waals surface area (Å²) in [6, 6.07) is 16.4. The molecule has 0 aliphatic rings. The first-order chi connectivity index (χ1) is 12.2. The van der Waals surface area contributed by atoms with Gasteiger partial charge in [0.2, 0.25) is 0 Å². The van der Waals surface area contributed by atoms with Crippen molar-refractivity contribution < 1.29 is 9.47 Å². The van der Waals surface area contributed by atoms with Gasteiger partial charge in [0.05, 0.1) is 13.7 Å². The Morgan fingerprint density at radius 2 is 1.38 bits per heavy atom. The number of guanidine groups is 1. The highest BCUT2D eigenvalue weighted by Crippen LogP contribution is 2.11. The molecule has 0 fully saturated rings. The van der Waals surface area contributed by atoms with E-state index in [2.05, 4.69) is 39.9 Å². The molecule has 0 saturated carbocycles. The van der Waals surface area contributed by atoms with Crippen LogP contribution in [0.4, 0.5) is 0 Å². The average molecular weight is 469 g/mol. The Hall–Kier alpha value is -1.80. The zero-order chi connectivity index (χ0) is 17.9. The van der Waals surface area contributed by atoms with Crippen LogP contribution in [-0.4, -0.2) is 26.7 Å². The molecule has 142 valence electrons. The van der Waals surface area contributed by atoms with Crippen molar-refractivity contribution in [3.63, 3.8) is 0 Å². The van der Waals surface area contributed by atoms with Crippen LogP contribution in [0.1, 0.15) is 23.6 Å². The fraction of sp³-hybridized carbons (Fsp3) is 0.350. The van der Waals surface area contributed by atoms with Gasteiger partial charge in [-0.15, -0.1) is 24.0 Å². The lowest BCUT2D eigenvalue weighted by Gasteiger charge is -2.12. The predicted octanol–water partition coefficient (Wildman–Crippen LogP) is 3.71. The normalized spacial score (nSPS) is 10.8. The first-order valence-corrected chi connectivity index (χ1v) is 8.48. The molecule has 2 aromatic rings. The van der Waals surface area contributed by atoms with Gasteiger partial charge in [0.15, 0.2) is 5.96 Å². The Balaban J connectivity index is 0.00000338. The van der Waals surface area contributed by atoms with Gasteiger partial charge in [0.1, 0.15) is 5.75 Å². The highest BCUT2D eigenvalue weighted by molar-refractivity contribution is 14.0. The number of nitrogens with zero attached hydrogens (tertiary/aromatic N) is 1. The lowest BCUT2D eigenvalue weighted by molar-refractivity contribution is 0.134. The van der Waals surface area contributed by atoms with Crippen molar-refractivity contribution >= 4 is 29.9 Å². The lowest BCUT2D eigenvalue weighted by atomic mass is 10.1. The maximum absolute atomic E-state index is 5.41. The van der Waals surface area contributed by atoms with Crippen LogP contribution < -0.4 is 15.4 Å². The van der Waals surface area contributed by atoms with Crippen LogP contribution in [0.25, 0.3) is 0 Å². The van der Waals surface area contributed by atoms with Crippen LogP contribution in [0.15, 0.2) is 53.5 Å². The highest BCUT2D eigenvalue weighted by Gasteiger charge is 2.00. The SMILES string of the molecule is CCOCc1ccc(CNC(=NC)NCc2ccc(OC)cc2)cc1.I. The second-order valence-corrected chi connectivity index (χ2v) is 5.58. The molecular weight excluding hydrogens is 441 g/mol. The Morgan fingerprint density at radius 3 is 1.85 bits per heavy atom. The van der Waals surface area contributed by atoms with Gasteiger partial charge >= 0.3 is 0 Å². The average Bonchev–Trinajstić information content (AvgIpc) is 2.67. The minimum atomic E-state index is 0. The number of aliphatic imine (C=N–C) groups is 1. The van der Waals surface area contributed by atoms with Crippen LogP contribution >= 0.6 is 24.0 Å². The zero-order valence-corrected chi connectivity index (χ0v) is 17.9. The number of benzene rings is 2. The second kappa shape index (κ2) is 12.5. The summed E-state index contributed by atoms with van der Waals surface area (Å²) in [6.07, 6.45) is 0. The van der Waals surface area contributed by atoms with Crippen molar-refractivity contribution in [2.45, 2.75) is 26.6 Å². The number of rotatable bonds is 8. The van der Waals surface area contributed by atoms with Crippen LogP contribution in [0.2, 0.25) is 0 Å². The quantitative estimate of drug-likeness (QED) is 0.352. The van der Waals surface area contributed by atoms with Crippen molar-refractivity contribution in [2.24, 2.45) is 4.99 Å². The summed E-state index contributed by atoms with van der Waals surface area (Å²) < 4.78 is 10.6. The van der Waals surface area contributed by atoms with Gasteiger partial charge in [-0.2, -0.15) is 0 Å². The van der Waals surface area contributed by atoms with Gasteiger partial charge in [-0.3, -0.25) is 4.99 Å². The molecule has 0 atom stereocenters. The summed E-state index contributed by atoms with van der Waals surface area (Å²) in [6.45, 7) is 4.83. The largest absolute Gasteiger partial charge is 0.497 e. The van der Waals surface area contributed by atoms with Crippen molar-refractivity contribution in [3.05, 3.63) is 65.2 Å². The van der Waals surface area contributed by atoms with E-state index in [9.17, 15) is 0 Å². The molecule has 0 saturated heterocycles. The molecule has 6 heteroatoms. The van der Waals surface area contributed by atoms with Crippen molar-refractivity contribution in [1.29, 1.82) is 0 Å². The molecule has 0 bridgehead atoms. The molecule has 0 spiro atoms. The Labute approximate surface area is 173 Å². The lowest BCUT2D eigenvalue weighted by Crippen LogP contribution is -2.36. The first-order valence-electron chi connectivity index (χ1n) is 8.48. The van der Waals surface area contributed by atoms with E-state index >= 15 is 0 Å². The van der Waals surface area contributed by atoms with Gasteiger partial charge in [-0.1, -0.05) is 36.4 Å². The highest BCUT2D eigenvalue weighted by atomic mass is 127. The molecule has 0 heterocycles. The molecule has 0 amide bonds. The molecule has 5 nitrogen and oxygen atoms in total. The van der Waals surface area contributed by atoms with Crippen molar-refractivity contribution in [2.75, 3.05) is 20.8 Å². The summed E-state index contributed by atoms with van der Waals surface area (Å²) >= 11 is 0. The predicted molar refractivity (Wildman–Crippen MR) is 117 cm³/mol. The standard InChI is InChI=1S/C20H27N3O2.HI/c1-4-25-15-18-7-5-16(6-8-18)13-22-20(21-2)23-14-17-9-11-19(24-3)12-10-17;/h5-12H,4,13-15H2,1-3H3,(H2,21,22,23);1H. The van der Waals surface area contributed by atoms with E-state index in [0.717, 1.165) is 24.9 Å². The molecule has 2 aromatic carbocycles. The van der Waals surface area contributed by atoms with Crippen LogP contribution in [-0.2, 0) is 24.4 Å². The van der Waals surface area contributed by atoms with E-state index in [0.29, 0.717) is 13.2 Å². The van der Waals surface area contributed by atoms with Crippen LogP contribution in [0, 0.1) is 0 Å². The molecule has 2 rings (SSSR count). The monoisotopic (exact) mass is 469 g/mol. The molecule has 0 aliphatic carbocycles. The van der Waals surface area contributed by atoms with Crippen LogP contribution in [0.5, 0.6) is 5.75 Å². The van der Waals surface area contributed by atoms with E-state index in [4.69, 9.17) is 9.47 Å². The Bertz CT molecular complexity index is 658. The third-order valence-corrected chi connectivity index (χ3v) is 3.80. The fourth-order valence-corrected chi connectivity index (χ4v) is 2.31. The molecule has 0 aliphatic heterocycles. The van der Waals surface area contributed by atoms with Gasteiger partial charge in [0, 0.05) is 26.7 Å². The van der Waals surface area contributed by atoms with Gasteiger partial charge in [0.25, 0.3) is 0 Å². The smallest absolute Gasteiger partial charge is 0.191 e. The topological polar surface area (TPSA) is 54.9 Å². The number of methoxy groups -OCH3 is 1. The molecular formula is C20H28IN3O2. The van der Waals surface area contributed by atoms with E-state index in [1.54, 1.807) is 14.2 Å². The second-order valence-electron chi connectivity index (χ2n) is 5.58. The zero-order valence-electron chi connectivity index (χ0n) is 15.6. The molecule has 0 unspecified atom stereocenters. The Morgan fingerprint density at radius 1 is 0.885 bits per heavy atom. The molecule has 2 N–H and O–H groups in total. The van der Waals surface area contributed by atoms with Gasteiger partial charge in [-0.05, 0) is 35.7 Å². The van der Waals surface area contributed by atoms with Gasteiger partial charge < -0.3 is 20.1 Å². The number of hydrogen-bond acceptors (Lipinski definition) is 3. The summed E-state index contributed by atoms with van der Waals surface area (Å²) in [7, 11) is 3.44. The Kier molecular flexibility index (Phi) is 10.7. The molecule has 0 aromatic heterocycles. The van der Waals surface area contributed by atoms with Crippen LogP contribution in [0.3, 0.4) is 0 Å². The summed E-state index contributed by atoms with van der Waals surface area (Å²) in [4.78, 5) is 4.26. The van der Waals surface area contributed by atoms with E-state index in [1.807, 2.05) is 31.2 Å². The van der Waals surface area contributed by atoms with E-state index in [1.165, 1.54) is 16.7 Å². The van der Waals surface area contributed by atoms with E-state index < -0.39 is 0 Å². The third kappa shape index (κ3) is 7.61. The van der Waals surface area contributed by atoms with Crippen molar-refractivity contribution in [3.8, 4) is 5.75 Å². The maximum Gasteiger partial charge on any atom is 0.191 e. The molecule has 26 heavy (non-hydrogen) atoms. The number of nitrogens with one attached hydrogen (secondary N) is 2. The summed E-state index contributed by atoms with van der Waals surface area (Å²) in [5.41, 5.74) is 3.56. The number of ether oxygens (including phenoxy) is 2. The van der Waals surface area contributed by atoms with Gasteiger partial charge in [-0.25, -0.2) is 0 Å². The summed E-state index contributed by atoms with van der Waals surface area (Å²) in [5.74, 6) is 1.63. The fourth-order valence-electron chi connectivity index (χ4n) is 2.31. The number of hydrogen-bond donors (Lipinski definition) is 2.